The topological polar surface area (TPSA) is 45.4 Å². The zero-order valence-electron chi connectivity index (χ0n) is 8.21. The lowest BCUT2D eigenvalue weighted by molar-refractivity contribution is 0.232. The van der Waals surface area contributed by atoms with Crippen LogP contribution >= 0.6 is 0 Å². The van der Waals surface area contributed by atoms with Crippen molar-refractivity contribution in [3.8, 4) is 0 Å². The van der Waals surface area contributed by atoms with E-state index in [-0.39, 0.29) is 6.61 Å². The molecule has 0 saturated heterocycles. The number of furan rings is 1. The lowest BCUT2D eigenvalue weighted by Gasteiger charge is -2.07. The zero-order valence-corrected chi connectivity index (χ0v) is 8.21. The van der Waals surface area contributed by atoms with Crippen LogP contribution in [0.1, 0.15) is 18.4 Å². The van der Waals surface area contributed by atoms with E-state index in [1.54, 1.807) is 0 Å². The number of rotatable bonds is 5. The van der Waals surface area contributed by atoms with Gasteiger partial charge in [0.2, 0.25) is 0 Å². The fourth-order valence-electron chi connectivity index (χ4n) is 1.09. The molecule has 1 rings (SSSR count). The molecule has 0 aliphatic heterocycles. The van der Waals surface area contributed by atoms with Crippen molar-refractivity contribution in [1.82, 2.24) is 5.32 Å². The van der Waals surface area contributed by atoms with Crippen molar-refractivity contribution in [3.63, 3.8) is 0 Å². The second kappa shape index (κ2) is 5.04. The van der Waals surface area contributed by atoms with E-state index in [0.29, 0.717) is 5.92 Å². The third-order valence-electron chi connectivity index (χ3n) is 1.90. The second-order valence-corrected chi connectivity index (χ2v) is 3.43. The van der Waals surface area contributed by atoms with Crippen LogP contribution in [0.15, 0.2) is 16.5 Å². The maximum absolute atomic E-state index is 8.77. The maximum Gasteiger partial charge on any atom is 0.117 e. The van der Waals surface area contributed by atoms with E-state index < -0.39 is 0 Å². The quantitative estimate of drug-likeness (QED) is 0.723. The van der Waals surface area contributed by atoms with Crippen LogP contribution in [0, 0.1) is 12.8 Å². The third kappa shape index (κ3) is 3.61. The summed E-state index contributed by atoms with van der Waals surface area (Å²) >= 11 is 0. The van der Waals surface area contributed by atoms with Gasteiger partial charge in [0.15, 0.2) is 0 Å². The van der Waals surface area contributed by atoms with Crippen LogP contribution in [0.2, 0.25) is 0 Å². The van der Waals surface area contributed by atoms with Gasteiger partial charge in [0.1, 0.15) is 11.5 Å². The van der Waals surface area contributed by atoms with Crippen LogP contribution in [-0.4, -0.2) is 18.3 Å². The highest BCUT2D eigenvalue weighted by atomic mass is 16.3. The van der Waals surface area contributed by atoms with E-state index in [0.717, 1.165) is 24.6 Å². The normalized spacial score (nSPS) is 13.2. The zero-order chi connectivity index (χ0) is 9.68. The Bertz CT molecular complexity index is 245. The largest absolute Gasteiger partial charge is 0.465 e. The first-order valence-electron chi connectivity index (χ1n) is 4.59. The molecule has 0 saturated carbocycles. The van der Waals surface area contributed by atoms with Gasteiger partial charge in [-0.1, -0.05) is 6.92 Å². The van der Waals surface area contributed by atoms with Gasteiger partial charge in [0, 0.05) is 13.2 Å². The van der Waals surface area contributed by atoms with E-state index in [1.165, 1.54) is 0 Å². The summed E-state index contributed by atoms with van der Waals surface area (Å²) in [5, 5.41) is 12.0. The van der Waals surface area contributed by atoms with E-state index >= 15 is 0 Å². The summed E-state index contributed by atoms with van der Waals surface area (Å²) in [6.07, 6.45) is 0. The predicted octanol–water partition coefficient (Wildman–Crippen LogP) is 1.31. The van der Waals surface area contributed by atoms with E-state index in [9.17, 15) is 0 Å². The van der Waals surface area contributed by atoms with Crippen LogP contribution in [0.5, 0.6) is 0 Å². The Morgan fingerprint density at radius 2 is 2.31 bits per heavy atom. The van der Waals surface area contributed by atoms with Gasteiger partial charge in [-0.05, 0) is 25.0 Å². The van der Waals surface area contributed by atoms with Gasteiger partial charge in [-0.25, -0.2) is 0 Å². The summed E-state index contributed by atoms with van der Waals surface area (Å²) in [6.45, 7) is 5.71. The van der Waals surface area contributed by atoms with Gasteiger partial charge in [-0.2, -0.15) is 0 Å². The first kappa shape index (κ1) is 10.3. The number of aliphatic hydroxyl groups excluding tert-OH is 1. The summed E-state index contributed by atoms with van der Waals surface area (Å²) in [5.74, 6) is 2.19. The molecule has 13 heavy (non-hydrogen) atoms. The van der Waals surface area contributed by atoms with Crippen molar-refractivity contribution in [1.29, 1.82) is 0 Å². The lowest BCUT2D eigenvalue weighted by atomic mass is 10.2. The molecule has 1 aromatic rings. The monoisotopic (exact) mass is 183 g/mol. The number of hydrogen-bond donors (Lipinski definition) is 2. The van der Waals surface area contributed by atoms with E-state index in [1.807, 2.05) is 26.0 Å². The number of aliphatic hydroxyl groups is 1. The fourth-order valence-corrected chi connectivity index (χ4v) is 1.09. The second-order valence-electron chi connectivity index (χ2n) is 3.43. The van der Waals surface area contributed by atoms with Gasteiger partial charge >= 0.3 is 0 Å². The van der Waals surface area contributed by atoms with Crippen LogP contribution in [-0.2, 0) is 6.54 Å². The van der Waals surface area contributed by atoms with Gasteiger partial charge in [-0.3, -0.25) is 0 Å². The highest BCUT2D eigenvalue weighted by Gasteiger charge is 2.00. The SMILES string of the molecule is Cc1ccc(CNCC(C)CO)o1. The minimum Gasteiger partial charge on any atom is -0.465 e. The van der Waals surface area contributed by atoms with Crippen molar-refractivity contribution in [2.24, 2.45) is 5.92 Å². The Morgan fingerprint density at radius 3 is 2.85 bits per heavy atom. The molecule has 1 heterocycles. The number of nitrogens with one attached hydrogen (secondary N) is 1. The molecule has 0 bridgehead atoms. The fraction of sp³-hybridized carbons (Fsp3) is 0.600. The highest BCUT2D eigenvalue weighted by molar-refractivity contribution is 5.05. The smallest absolute Gasteiger partial charge is 0.117 e. The predicted molar refractivity (Wildman–Crippen MR) is 51.4 cm³/mol. The molecular weight excluding hydrogens is 166 g/mol. The molecular formula is C10H17NO2. The van der Waals surface area contributed by atoms with Crippen molar-refractivity contribution in [2.75, 3.05) is 13.2 Å². The average Bonchev–Trinajstić information content (AvgIpc) is 2.51. The Balaban J connectivity index is 2.20. The number of hydrogen-bond acceptors (Lipinski definition) is 3. The Hall–Kier alpha value is -0.800. The van der Waals surface area contributed by atoms with Crippen molar-refractivity contribution >= 4 is 0 Å². The van der Waals surface area contributed by atoms with Crippen LogP contribution in [0.25, 0.3) is 0 Å². The molecule has 74 valence electrons. The first-order chi connectivity index (χ1) is 6.22. The average molecular weight is 183 g/mol. The molecule has 0 fully saturated rings. The summed E-state index contributed by atoms with van der Waals surface area (Å²) in [7, 11) is 0. The maximum atomic E-state index is 8.77. The molecule has 0 radical (unpaired) electrons. The molecule has 2 N–H and O–H groups in total. The molecule has 0 aliphatic rings. The van der Waals surface area contributed by atoms with E-state index in [2.05, 4.69) is 5.32 Å². The highest BCUT2D eigenvalue weighted by Crippen LogP contribution is 2.05. The molecule has 0 aliphatic carbocycles. The van der Waals surface area contributed by atoms with Gasteiger partial charge in [0.25, 0.3) is 0 Å². The molecule has 1 unspecified atom stereocenters. The van der Waals surface area contributed by atoms with E-state index in [4.69, 9.17) is 9.52 Å². The molecule has 0 spiro atoms. The van der Waals surface area contributed by atoms with Crippen molar-refractivity contribution in [3.05, 3.63) is 23.7 Å². The van der Waals surface area contributed by atoms with Gasteiger partial charge in [-0.15, -0.1) is 0 Å². The summed E-state index contributed by atoms with van der Waals surface area (Å²) in [5.41, 5.74) is 0. The third-order valence-corrected chi connectivity index (χ3v) is 1.90. The van der Waals surface area contributed by atoms with Gasteiger partial charge in [0.05, 0.1) is 6.54 Å². The molecule has 1 atom stereocenters. The van der Waals surface area contributed by atoms with Gasteiger partial charge < -0.3 is 14.8 Å². The minimum atomic E-state index is 0.226. The van der Waals surface area contributed by atoms with Crippen molar-refractivity contribution in [2.45, 2.75) is 20.4 Å². The van der Waals surface area contributed by atoms with Crippen LogP contribution < -0.4 is 5.32 Å². The van der Waals surface area contributed by atoms with Crippen LogP contribution in [0.3, 0.4) is 0 Å². The van der Waals surface area contributed by atoms with Crippen LogP contribution in [0.4, 0.5) is 0 Å². The number of aryl methyl sites for hydroxylation is 1. The standard InChI is InChI=1S/C10H17NO2/c1-8(7-12)5-11-6-10-4-3-9(2)13-10/h3-4,8,11-12H,5-7H2,1-2H3. The first-order valence-corrected chi connectivity index (χ1v) is 4.59. The Labute approximate surface area is 78.8 Å². The summed E-state index contributed by atoms with van der Waals surface area (Å²) < 4.78 is 5.37. The summed E-state index contributed by atoms with van der Waals surface area (Å²) in [6, 6.07) is 3.92. The molecule has 3 heteroatoms. The summed E-state index contributed by atoms with van der Waals surface area (Å²) in [4.78, 5) is 0. The molecule has 1 aromatic heterocycles. The Morgan fingerprint density at radius 1 is 1.54 bits per heavy atom. The minimum absolute atomic E-state index is 0.226. The molecule has 3 nitrogen and oxygen atoms in total. The molecule has 0 amide bonds. The molecule has 0 aromatic carbocycles. The lowest BCUT2D eigenvalue weighted by Crippen LogP contribution is -2.22. The Kier molecular flexibility index (Phi) is 3.99. The van der Waals surface area contributed by atoms with Crippen molar-refractivity contribution < 1.29 is 9.52 Å².